The number of likely N-dealkylation sites (N-methyl/N-ethyl adjacent to an activating group) is 1. The van der Waals surface area contributed by atoms with Crippen molar-refractivity contribution < 1.29 is 4.79 Å². The second-order valence-corrected chi connectivity index (χ2v) is 4.25. The summed E-state index contributed by atoms with van der Waals surface area (Å²) in [7, 11) is 2.17. The molecule has 0 radical (unpaired) electrons. The molecular formula is C12H24N2O. The van der Waals surface area contributed by atoms with Crippen LogP contribution in [0.1, 0.15) is 33.6 Å². The molecule has 0 spiro atoms. The van der Waals surface area contributed by atoms with Gasteiger partial charge >= 0.3 is 0 Å². The maximum atomic E-state index is 11.5. The van der Waals surface area contributed by atoms with Crippen LogP contribution in [-0.2, 0) is 4.79 Å². The van der Waals surface area contributed by atoms with Crippen LogP contribution >= 0.6 is 0 Å². The summed E-state index contributed by atoms with van der Waals surface area (Å²) in [5.74, 6) is 1.07. The Morgan fingerprint density at radius 3 is 2.53 bits per heavy atom. The number of carbonyl (C=O) groups excluding carboxylic acids is 1. The number of hydrogen-bond acceptors (Lipinski definition) is 2. The first kappa shape index (κ1) is 12.5. The number of rotatable bonds is 1. The maximum absolute atomic E-state index is 11.5. The van der Waals surface area contributed by atoms with E-state index in [-0.39, 0.29) is 0 Å². The second kappa shape index (κ2) is 5.50. The molecule has 15 heavy (non-hydrogen) atoms. The van der Waals surface area contributed by atoms with Gasteiger partial charge < -0.3 is 9.80 Å². The first-order valence-corrected chi connectivity index (χ1v) is 6.20. The topological polar surface area (TPSA) is 23.6 Å². The summed E-state index contributed by atoms with van der Waals surface area (Å²) in [6.07, 6.45) is 1.93. The highest BCUT2D eigenvalue weighted by Crippen LogP contribution is 2.30. The average molecular weight is 212 g/mol. The van der Waals surface area contributed by atoms with Gasteiger partial charge in [-0.25, -0.2) is 0 Å². The molecule has 2 heterocycles. The summed E-state index contributed by atoms with van der Waals surface area (Å²) in [5.41, 5.74) is 0. The minimum atomic E-state index is 0.322. The van der Waals surface area contributed by atoms with Gasteiger partial charge in [0, 0.05) is 25.6 Å². The highest BCUT2D eigenvalue weighted by molar-refractivity contribution is 5.76. The van der Waals surface area contributed by atoms with Gasteiger partial charge in [-0.05, 0) is 25.9 Å². The molecule has 0 aromatic carbocycles. The van der Waals surface area contributed by atoms with E-state index in [0.717, 1.165) is 19.0 Å². The predicted octanol–water partition coefficient (Wildman–Crippen LogP) is 1.59. The largest absolute Gasteiger partial charge is 0.341 e. The van der Waals surface area contributed by atoms with Crippen LogP contribution in [0.15, 0.2) is 0 Å². The highest BCUT2D eigenvalue weighted by atomic mass is 16.2. The van der Waals surface area contributed by atoms with Crippen LogP contribution in [0.2, 0.25) is 0 Å². The van der Waals surface area contributed by atoms with Crippen molar-refractivity contribution in [2.24, 2.45) is 5.92 Å². The summed E-state index contributed by atoms with van der Waals surface area (Å²) in [5, 5.41) is 0. The zero-order valence-electron chi connectivity index (χ0n) is 10.5. The van der Waals surface area contributed by atoms with E-state index in [2.05, 4.69) is 11.9 Å². The predicted molar refractivity (Wildman–Crippen MR) is 62.7 cm³/mol. The third-order valence-corrected chi connectivity index (χ3v) is 3.48. The molecule has 0 saturated carbocycles. The molecule has 2 aliphatic heterocycles. The molecule has 88 valence electrons. The second-order valence-electron chi connectivity index (χ2n) is 4.25. The molecule has 2 fully saturated rings. The molecule has 0 aliphatic carbocycles. The molecule has 0 N–H and O–H groups in total. The first-order valence-electron chi connectivity index (χ1n) is 6.20. The van der Waals surface area contributed by atoms with Crippen molar-refractivity contribution in [2.45, 2.75) is 39.7 Å². The molecule has 0 aromatic heterocycles. The molecule has 0 aromatic rings. The molecule has 0 bridgehead atoms. The van der Waals surface area contributed by atoms with Gasteiger partial charge in [-0.1, -0.05) is 20.8 Å². The van der Waals surface area contributed by atoms with Crippen molar-refractivity contribution in [1.82, 2.24) is 9.80 Å². The molecule has 2 aliphatic rings. The zero-order valence-corrected chi connectivity index (χ0v) is 10.5. The Labute approximate surface area is 93.4 Å². The third kappa shape index (κ3) is 2.51. The SMILES string of the molecule is CC.CCC(=O)N1CC2CCN(C)C2C1. The molecule has 3 nitrogen and oxygen atoms in total. The molecule has 3 heteroatoms. The molecular weight excluding hydrogens is 188 g/mol. The fourth-order valence-electron chi connectivity index (χ4n) is 2.60. The summed E-state index contributed by atoms with van der Waals surface area (Å²) in [4.78, 5) is 15.9. The van der Waals surface area contributed by atoms with E-state index in [1.807, 2.05) is 25.7 Å². The van der Waals surface area contributed by atoms with E-state index >= 15 is 0 Å². The van der Waals surface area contributed by atoms with Crippen molar-refractivity contribution in [2.75, 3.05) is 26.7 Å². The first-order chi connectivity index (χ1) is 7.22. The van der Waals surface area contributed by atoms with Crippen molar-refractivity contribution >= 4 is 5.91 Å². The number of likely N-dealkylation sites (tertiary alicyclic amines) is 2. The van der Waals surface area contributed by atoms with Gasteiger partial charge in [0.1, 0.15) is 0 Å². The van der Waals surface area contributed by atoms with Gasteiger partial charge in [0.2, 0.25) is 5.91 Å². The quantitative estimate of drug-likeness (QED) is 0.659. The number of carbonyl (C=O) groups is 1. The van der Waals surface area contributed by atoms with E-state index in [4.69, 9.17) is 0 Å². The van der Waals surface area contributed by atoms with E-state index in [1.165, 1.54) is 13.0 Å². The average Bonchev–Trinajstić information content (AvgIpc) is 2.83. The van der Waals surface area contributed by atoms with Crippen LogP contribution in [-0.4, -0.2) is 48.4 Å². The van der Waals surface area contributed by atoms with Crippen molar-refractivity contribution in [3.63, 3.8) is 0 Å². The third-order valence-electron chi connectivity index (χ3n) is 3.48. The number of fused-ring (bicyclic) bond motifs is 1. The minimum Gasteiger partial charge on any atom is -0.341 e. The van der Waals surface area contributed by atoms with Gasteiger partial charge in [-0.2, -0.15) is 0 Å². The Kier molecular flexibility index (Phi) is 4.58. The lowest BCUT2D eigenvalue weighted by atomic mass is 10.1. The molecule has 2 atom stereocenters. The van der Waals surface area contributed by atoms with Gasteiger partial charge in [0.25, 0.3) is 0 Å². The number of nitrogens with zero attached hydrogens (tertiary/aromatic N) is 2. The molecule has 1 amide bonds. The fraction of sp³-hybridized carbons (Fsp3) is 0.917. The summed E-state index contributed by atoms with van der Waals surface area (Å²) >= 11 is 0. The Bertz CT molecular complexity index is 218. The maximum Gasteiger partial charge on any atom is 0.222 e. The van der Waals surface area contributed by atoms with Crippen LogP contribution in [0.5, 0.6) is 0 Å². The van der Waals surface area contributed by atoms with Crippen LogP contribution in [0, 0.1) is 5.92 Å². The van der Waals surface area contributed by atoms with E-state index < -0.39 is 0 Å². The Hall–Kier alpha value is -0.570. The van der Waals surface area contributed by atoms with Crippen LogP contribution < -0.4 is 0 Å². The Morgan fingerprint density at radius 2 is 2.00 bits per heavy atom. The zero-order chi connectivity index (χ0) is 11.4. The van der Waals surface area contributed by atoms with E-state index in [0.29, 0.717) is 18.4 Å². The van der Waals surface area contributed by atoms with E-state index in [9.17, 15) is 4.79 Å². The standard InChI is InChI=1S/C10H18N2O.C2H6/c1-3-10(13)12-6-8-4-5-11(2)9(8)7-12;1-2/h8-9H,3-7H2,1-2H3;1-2H3. The van der Waals surface area contributed by atoms with Crippen molar-refractivity contribution in [3.05, 3.63) is 0 Å². The fourth-order valence-corrected chi connectivity index (χ4v) is 2.60. The van der Waals surface area contributed by atoms with E-state index in [1.54, 1.807) is 0 Å². The van der Waals surface area contributed by atoms with Crippen molar-refractivity contribution in [1.29, 1.82) is 0 Å². The van der Waals surface area contributed by atoms with Crippen LogP contribution in [0.4, 0.5) is 0 Å². The Morgan fingerprint density at radius 1 is 1.33 bits per heavy atom. The number of amides is 1. The monoisotopic (exact) mass is 212 g/mol. The van der Waals surface area contributed by atoms with Gasteiger partial charge in [0.15, 0.2) is 0 Å². The number of hydrogen-bond donors (Lipinski definition) is 0. The van der Waals surface area contributed by atoms with Crippen LogP contribution in [0.25, 0.3) is 0 Å². The lowest BCUT2D eigenvalue weighted by Crippen LogP contribution is -2.34. The van der Waals surface area contributed by atoms with Gasteiger partial charge in [-0.15, -0.1) is 0 Å². The van der Waals surface area contributed by atoms with Gasteiger partial charge in [0.05, 0.1) is 0 Å². The molecule has 2 unspecified atom stereocenters. The summed E-state index contributed by atoms with van der Waals surface area (Å²) in [6, 6.07) is 0.649. The molecule has 2 saturated heterocycles. The minimum absolute atomic E-state index is 0.322. The normalized spacial score (nSPS) is 29.7. The van der Waals surface area contributed by atoms with Crippen molar-refractivity contribution in [3.8, 4) is 0 Å². The smallest absolute Gasteiger partial charge is 0.222 e. The lowest BCUT2D eigenvalue weighted by molar-refractivity contribution is -0.130. The summed E-state index contributed by atoms with van der Waals surface area (Å²) < 4.78 is 0. The lowest BCUT2D eigenvalue weighted by Gasteiger charge is -2.20. The van der Waals surface area contributed by atoms with Crippen LogP contribution in [0.3, 0.4) is 0 Å². The molecule has 2 rings (SSSR count). The van der Waals surface area contributed by atoms with Gasteiger partial charge in [-0.3, -0.25) is 4.79 Å². The Balaban J connectivity index is 0.000000531. The summed E-state index contributed by atoms with van der Waals surface area (Å²) in [6.45, 7) is 9.12. The highest BCUT2D eigenvalue weighted by Gasteiger charge is 2.40.